The molecule has 5 rings (SSSR count). The monoisotopic (exact) mass is 420 g/mol. The molecule has 3 aromatic rings. The molecule has 1 N–H and O–H groups in total. The molecular weight excluding hydrogens is 399 g/mol. The van der Waals surface area contributed by atoms with E-state index in [-0.39, 0.29) is 18.2 Å². The minimum absolute atomic E-state index is 0.0264. The molecular formula is C25H21FO5. The molecule has 0 saturated heterocycles. The van der Waals surface area contributed by atoms with Crippen molar-refractivity contribution in [1.29, 1.82) is 0 Å². The van der Waals surface area contributed by atoms with Crippen LogP contribution in [0.3, 0.4) is 0 Å². The van der Waals surface area contributed by atoms with Crippen molar-refractivity contribution in [2.24, 2.45) is 0 Å². The summed E-state index contributed by atoms with van der Waals surface area (Å²) in [6.07, 6.45) is 0.894. The molecule has 0 spiro atoms. The van der Waals surface area contributed by atoms with E-state index in [1.165, 1.54) is 6.07 Å². The molecule has 2 atom stereocenters. The number of rotatable bonds is 6. The predicted molar refractivity (Wildman–Crippen MR) is 112 cm³/mol. The number of para-hydroxylation sites is 1. The molecule has 2 aliphatic rings. The van der Waals surface area contributed by atoms with Crippen LogP contribution in [0.25, 0.3) is 0 Å². The van der Waals surface area contributed by atoms with E-state index in [9.17, 15) is 9.18 Å². The largest absolute Gasteiger partial charge is 0.492 e. The van der Waals surface area contributed by atoms with Gasteiger partial charge in [0.25, 0.3) is 0 Å². The zero-order chi connectivity index (χ0) is 21.4. The Morgan fingerprint density at radius 1 is 1.10 bits per heavy atom. The molecule has 0 amide bonds. The third-order valence-electron chi connectivity index (χ3n) is 5.77. The van der Waals surface area contributed by atoms with E-state index in [1.54, 1.807) is 18.2 Å². The molecule has 0 aromatic heterocycles. The second kappa shape index (κ2) is 7.95. The Morgan fingerprint density at radius 3 is 2.74 bits per heavy atom. The van der Waals surface area contributed by atoms with E-state index in [0.29, 0.717) is 48.0 Å². The highest BCUT2D eigenvalue weighted by Crippen LogP contribution is 2.44. The molecule has 158 valence electrons. The second-order valence-corrected chi connectivity index (χ2v) is 7.80. The van der Waals surface area contributed by atoms with Crippen LogP contribution in [0.2, 0.25) is 0 Å². The Bertz CT molecular complexity index is 1130. The summed E-state index contributed by atoms with van der Waals surface area (Å²) in [6, 6.07) is 17.9. The summed E-state index contributed by atoms with van der Waals surface area (Å²) in [6.45, 7) is 0.339. The topological polar surface area (TPSA) is 65.0 Å². The second-order valence-electron chi connectivity index (χ2n) is 7.80. The first kappa shape index (κ1) is 19.4. The maximum absolute atomic E-state index is 14.7. The average Bonchev–Trinajstić information content (AvgIpc) is 3.36. The van der Waals surface area contributed by atoms with Crippen LogP contribution in [-0.2, 0) is 11.2 Å². The lowest BCUT2D eigenvalue weighted by atomic mass is 9.98. The normalized spacial score (nSPS) is 18.7. The van der Waals surface area contributed by atoms with E-state index in [2.05, 4.69) is 0 Å². The zero-order valence-electron chi connectivity index (χ0n) is 16.7. The summed E-state index contributed by atoms with van der Waals surface area (Å²) in [4.78, 5) is 11.0. The van der Waals surface area contributed by atoms with Crippen molar-refractivity contribution < 1.29 is 28.5 Å². The highest BCUT2D eigenvalue weighted by Gasteiger charge is 2.32. The number of fused-ring (bicyclic) bond motifs is 2. The summed E-state index contributed by atoms with van der Waals surface area (Å²) in [7, 11) is 0. The van der Waals surface area contributed by atoms with Crippen LogP contribution >= 0.6 is 0 Å². The molecule has 5 nitrogen and oxygen atoms in total. The first-order chi connectivity index (χ1) is 15.1. The molecule has 0 radical (unpaired) electrons. The first-order valence-electron chi connectivity index (χ1n) is 10.3. The molecule has 0 fully saturated rings. The Hall–Kier alpha value is -3.54. The van der Waals surface area contributed by atoms with Gasteiger partial charge in [-0.2, -0.15) is 0 Å². The van der Waals surface area contributed by atoms with Gasteiger partial charge in [-0.1, -0.05) is 24.3 Å². The summed E-state index contributed by atoms with van der Waals surface area (Å²) >= 11 is 0. The molecule has 31 heavy (non-hydrogen) atoms. The minimum Gasteiger partial charge on any atom is -0.492 e. The smallest absolute Gasteiger partial charge is 0.304 e. The van der Waals surface area contributed by atoms with Crippen LogP contribution in [0.4, 0.5) is 4.39 Å². The summed E-state index contributed by atoms with van der Waals surface area (Å²) in [5.74, 6) is 1.22. The van der Waals surface area contributed by atoms with Crippen molar-refractivity contribution in [2.75, 3.05) is 6.61 Å². The fourth-order valence-electron chi connectivity index (χ4n) is 4.35. The Kier molecular flexibility index (Phi) is 4.98. The molecule has 3 aromatic carbocycles. The number of aliphatic carboxylic acids is 1. The lowest BCUT2D eigenvalue weighted by Gasteiger charge is -2.17. The maximum atomic E-state index is 14.7. The van der Waals surface area contributed by atoms with Gasteiger partial charge in [0.2, 0.25) is 0 Å². The van der Waals surface area contributed by atoms with E-state index < -0.39 is 12.1 Å². The van der Waals surface area contributed by atoms with Crippen molar-refractivity contribution in [3.8, 4) is 23.0 Å². The molecule has 0 bridgehead atoms. The summed E-state index contributed by atoms with van der Waals surface area (Å²) < 4.78 is 32.5. The molecule has 1 aliphatic heterocycles. The number of benzene rings is 3. The number of hydrogen-bond acceptors (Lipinski definition) is 4. The van der Waals surface area contributed by atoms with Gasteiger partial charge >= 0.3 is 5.97 Å². The van der Waals surface area contributed by atoms with E-state index in [0.717, 1.165) is 11.1 Å². The Labute approximate surface area is 179 Å². The highest BCUT2D eigenvalue weighted by atomic mass is 19.1. The molecule has 0 saturated carbocycles. The van der Waals surface area contributed by atoms with Gasteiger partial charge < -0.3 is 19.3 Å². The first-order valence-corrected chi connectivity index (χ1v) is 10.3. The van der Waals surface area contributed by atoms with Gasteiger partial charge in [-0.25, -0.2) is 4.39 Å². The quantitative estimate of drug-likeness (QED) is 0.559. The van der Waals surface area contributed by atoms with Crippen LogP contribution in [0.5, 0.6) is 23.0 Å². The Morgan fingerprint density at radius 2 is 1.94 bits per heavy atom. The van der Waals surface area contributed by atoms with Gasteiger partial charge in [0, 0.05) is 28.7 Å². The minimum atomic E-state index is -0.853. The Balaban J connectivity index is 1.37. The van der Waals surface area contributed by atoms with Gasteiger partial charge in [-0.15, -0.1) is 0 Å². The van der Waals surface area contributed by atoms with Gasteiger partial charge in [-0.05, 0) is 43.2 Å². The van der Waals surface area contributed by atoms with Crippen molar-refractivity contribution in [3.63, 3.8) is 0 Å². The highest BCUT2D eigenvalue weighted by molar-refractivity contribution is 5.68. The predicted octanol–water partition coefficient (Wildman–Crippen LogP) is 5.64. The van der Waals surface area contributed by atoms with Crippen LogP contribution in [0.1, 0.15) is 41.6 Å². The van der Waals surface area contributed by atoms with Crippen LogP contribution in [-0.4, -0.2) is 17.7 Å². The fraction of sp³-hybridized carbons (Fsp3) is 0.240. The van der Waals surface area contributed by atoms with Gasteiger partial charge in [0.15, 0.2) is 0 Å². The lowest BCUT2D eigenvalue weighted by molar-refractivity contribution is -0.137. The SMILES string of the molecule is O=C(O)C[C@@H]1COc2cc(O[C@@H]3CCc4c(Oc5ccccc5)ccc(F)c43)ccc21. The number of carboxylic acid groups (broad SMARTS) is 1. The lowest BCUT2D eigenvalue weighted by Crippen LogP contribution is -2.07. The number of hydrogen-bond donors (Lipinski definition) is 1. The van der Waals surface area contributed by atoms with Crippen LogP contribution < -0.4 is 14.2 Å². The zero-order valence-corrected chi connectivity index (χ0v) is 16.7. The third kappa shape index (κ3) is 3.81. The van der Waals surface area contributed by atoms with Crippen molar-refractivity contribution in [3.05, 3.63) is 83.2 Å². The number of ether oxygens (including phenoxy) is 3. The third-order valence-corrected chi connectivity index (χ3v) is 5.77. The van der Waals surface area contributed by atoms with Crippen molar-refractivity contribution in [1.82, 2.24) is 0 Å². The van der Waals surface area contributed by atoms with E-state index in [1.807, 2.05) is 36.4 Å². The molecule has 6 heteroatoms. The van der Waals surface area contributed by atoms with Gasteiger partial charge in [0.1, 0.15) is 34.9 Å². The van der Waals surface area contributed by atoms with Crippen molar-refractivity contribution in [2.45, 2.75) is 31.3 Å². The number of halogens is 1. The van der Waals surface area contributed by atoms with Crippen molar-refractivity contribution >= 4 is 5.97 Å². The van der Waals surface area contributed by atoms with E-state index in [4.69, 9.17) is 19.3 Å². The fourth-order valence-corrected chi connectivity index (χ4v) is 4.35. The average molecular weight is 420 g/mol. The van der Waals surface area contributed by atoms with Crippen LogP contribution in [0.15, 0.2) is 60.7 Å². The molecule has 1 heterocycles. The van der Waals surface area contributed by atoms with Crippen LogP contribution in [0, 0.1) is 5.82 Å². The number of carboxylic acids is 1. The maximum Gasteiger partial charge on any atom is 0.304 e. The standard InChI is InChI=1S/C25H21FO5/c26-20-9-11-21(30-16-4-2-1-3-5-16)19-8-10-22(25(19)20)31-17-6-7-18-15(12-24(27)28)14-29-23(18)13-17/h1-7,9,11,13,15,22H,8,10,12,14H2,(H,27,28)/t15-,22-/m1/s1. The van der Waals surface area contributed by atoms with E-state index >= 15 is 0 Å². The molecule has 1 aliphatic carbocycles. The molecule has 0 unspecified atom stereocenters. The van der Waals surface area contributed by atoms with Gasteiger partial charge in [-0.3, -0.25) is 4.79 Å². The summed E-state index contributed by atoms with van der Waals surface area (Å²) in [5, 5.41) is 9.05. The summed E-state index contributed by atoms with van der Waals surface area (Å²) in [5.41, 5.74) is 2.22. The number of carbonyl (C=O) groups is 1. The van der Waals surface area contributed by atoms with Gasteiger partial charge in [0.05, 0.1) is 13.0 Å².